The molecule has 3 aromatic heterocycles. The first kappa shape index (κ1) is 22.4. The smallest absolute Gasteiger partial charge is 0.320 e. The molecular formula is C23H25N7O3. The van der Waals surface area contributed by atoms with Crippen molar-refractivity contribution in [2.75, 3.05) is 0 Å². The molecule has 0 saturated heterocycles. The van der Waals surface area contributed by atoms with E-state index in [0.29, 0.717) is 17.9 Å². The molecule has 10 nitrogen and oxygen atoms in total. The van der Waals surface area contributed by atoms with E-state index in [9.17, 15) is 9.90 Å². The molecule has 3 aromatic rings. The summed E-state index contributed by atoms with van der Waals surface area (Å²) < 4.78 is 8.57. The molecule has 0 fully saturated rings. The van der Waals surface area contributed by atoms with E-state index in [4.69, 9.17) is 10.5 Å². The van der Waals surface area contributed by atoms with Gasteiger partial charge in [0.05, 0.1) is 23.7 Å². The van der Waals surface area contributed by atoms with E-state index in [1.54, 1.807) is 30.7 Å². The van der Waals surface area contributed by atoms with Gasteiger partial charge in [-0.2, -0.15) is 5.10 Å². The van der Waals surface area contributed by atoms with Gasteiger partial charge in [-0.15, -0.1) is 0 Å². The van der Waals surface area contributed by atoms with Crippen LogP contribution in [0.2, 0.25) is 0 Å². The van der Waals surface area contributed by atoms with E-state index in [-0.39, 0.29) is 13.0 Å². The highest BCUT2D eigenvalue weighted by atomic mass is 16.5. The van der Waals surface area contributed by atoms with Crippen molar-refractivity contribution in [3.05, 3.63) is 84.8 Å². The van der Waals surface area contributed by atoms with E-state index in [1.807, 2.05) is 35.9 Å². The minimum atomic E-state index is -1.16. The molecule has 4 rings (SSSR count). The van der Waals surface area contributed by atoms with Gasteiger partial charge in [-0.1, -0.05) is 18.2 Å². The molecule has 33 heavy (non-hydrogen) atoms. The Morgan fingerprint density at radius 3 is 2.67 bits per heavy atom. The first-order chi connectivity index (χ1) is 16.1. The lowest BCUT2D eigenvalue weighted by Gasteiger charge is -2.42. The van der Waals surface area contributed by atoms with Crippen LogP contribution < -0.4 is 5.73 Å². The molecule has 3 unspecified atom stereocenters. The van der Waals surface area contributed by atoms with Crippen LogP contribution in [0.3, 0.4) is 0 Å². The molecule has 0 spiro atoms. The first-order valence-electron chi connectivity index (χ1n) is 10.6. The Bertz CT molecular complexity index is 1150. The monoisotopic (exact) mass is 447 g/mol. The average molecular weight is 447 g/mol. The summed E-state index contributed by atoms with van der Waals surface area (Å²) in [6.07, 6.45) is 13.7. The fourth-order valence-electron chi connectivity index (χ4n) is 4.14. The Morgan fingerprint density at radius 2 is 2.00 bits per heavy atom. The summed E-state index contributed by atoms with van der Waals surface area (Å²) in [7, 11) is 0. The third-order valence-corrected chi connectivity index (χ3v) is 5.73. The molecule has 0 radical (unpaired) electrons. The second-order valence-electron chi connectivity index (χ2n) is 7.60. The van der Waals surface area contributed by atoms with Crippen molar-refractivity contribution in [1.82, 2.24) is 29.7 Å². The van der Waals surface area contributed by atoms with Crippen molar-refractivity contribution in [3.63, 3.8) is 0 Å². The minimum Gasteiger partial charge on any atom is -0.480 e. The highest BCUT2D eigenvalue weighted by molar-refractivity contribution is 5.76. The quantitative estimate of drug-likeness (QED) is 0.503. The van der Waals surface area contributed by atoms with Crippen LogP contribution in [0.25, 0.3) is 5.57 Å². The molecule has 0 aliphatic heterocycles. The molecule has 1 aliphatic rings. The summed E-state index contributed by atoms with van der Waals surface area (Å²) in [5.41, 5.74) is 7.66. The normalized spacial score (nSPS) is 20.9. The number of hydrogen-bond donors (Lipinski definition) is 2. The predicted octanol–water partition coefficient (Wildman–Crippen LogP) is 1.97. The zero-order valence-corrected chi connectivity index (χ0v) is 18.2. The van der Waals surface area contributed by atoms with Crippen LogP contribution in [0.15, 0.2) is 67.7 Å². The van der Waals surface area contributed by atoms with Gasteiger partial charge in [0.1, 0.15) is 24.3 Å². The van der Waals surface area contributed by atoms with E-state index in [0.717, 1.165) is 11.3 Å². The Labute approximate surface area is 190 Å². The number of nitrogens with two attached hydrogens (primary N) is 1. The molecule has 0 amide bonds. The summed E-state index contributed by atoms with van der Waals surface area (Å²) in [6, 6.07) is 4.36. The van der Waals surface area contributed by atoms with Gasteiger partial charge in [0, 0.05) is 36.6 Å². The summed E-state index contributed by atoms with van der Waals surface area (Å²) in [5.74, 6) is -1.52. The van der Waals surface area contributed by atoms with Gasteiger partial charge >= 0.3 is 5.97 Å². The van der Waals surface area contributed by atoms with Gasteiger partial charge in [-0.3, -0.25) is 9.48 Å². The lowest BCUT2D eigenvalue weighted by Crippen LogP contribution is -2.45. The van der Waals surface area contributed by atoms with Crippen LogP contribution in [-0.4, -0.2) is 46.8 Å². The second kappa shape index (κ2) is 9.80. The fraction of sp³-hybridized carbons (Fsp3) is 0.304. The summed E-state index contributed by atoms with van der Waals surface area (Å²) in [4.78, 5) is 28.7. The van der Waals surface area contributed by atoms with E-state index >= 15 is 0 Å². The maximum atomic E-state index is 11.6. The summed E-state index contributed by atoms with van der Waals surface area (Å²) in [5, 5.41) is 13.8. The maximum Gasteiger partial charge on any atom is 0.320 e. The Kier molecular flexibility index (Phi) is 6.66. The minimum absolute atomic E-state index is 0.130. The lowest BCUT2D eigenvalue weighted by molar-refractivity contribution is -0.139. The van der Waals surface area contributed by atoms with E-state index in [1.165, 1.54) is 12.7 Å². The standard InChI is InChI=1S/C23H25N7O3/c1-2-30-17(6-11-29-30)13-33-23(21-8-10-26-15-28-21)16(12-19(24)22(31)32)4-3-5-18(23)20-7-9-25-14-27-20/h3-11,14-16,19H,2,12-13,24H2,1H3,(H,31,32). The summed E-state index contributed by atoms with van der Waals surface area (Å²) in [6.45, 7) is 2.90. The topological polar surface area (TPSA) is 142 Å². The zero-order valence-electron chi connectivity index (χ0n) is 18.2. The lowest BCUT2D eigenvalue weighted by atomic mass is 9.71. The molecule has 0 aromatic carbocycles. The zero-order chi connectivity index (χ0) is 23.3. The third-order valence-electron chi connectivity index (χ3n) is 5.73. The van der Waals surface area contributed by atoms with Crippen LogP contribution in [-0.2, 0) is 28.3 Å². The maximum absolute atomic E-state index is 11.6. The van der Waals surface area contributed by atoms with Crippen LogP contribution in [0, 0.1) is 5.92 Å². The highest BCUT2D eigenvalue weighted by Crippen LogP contribution is 2.49. The fourth-order valence-corrected chi connectivity index (χ4v) is 4.14. The Balaban J connectivity index is 1.86. The number of carboxylic acid groups (broad SMARTS) is 1. The molecule has 170 valence electrons. The van der Waals surface area contributed by atoms with Crippen LogP contribution in [0.5, 0.6) is 0 Å². The number of aromatic nitrogens is 6. The number of carbonyl (C=O) groups is 1. The van der Waals surface area contributed by atoms with E-state index < -0.39 is 23.5 Å². The number of carboxylic acids is 1. The van der Waals surface area contributed by atoms with Gasteiger partial charge in [0.2, 0.25) is 0 Å². The van der Waals surface area contributed by atoms with Gasteiger partial charge < -0.3 is 15.6 Å². The Hall–Kier alpha value is -3.76. The van der Waals surface area contributed by atoms with Gasteiger partial charge in [-0.25, -0.2) is 19.9 Å². The van der Waals surface area contributed by atoms with Crippen molar-refractivity contribution in [3.8, 4) is 0 Å². The number of ether oxygens (including phenoxy) is 1. The molecule has 0 saturated carbocycles. The van der Waals surface area contributed by atoms with Gasteiger partial charge in [-0.05, 0) is 31.5 Å². The van der Waals surface area contributed by atoms with Gasteiger partial charge in [0.15, 0.2) is 0 Å². The number of rotatable bonds is 9. The van der Waals surface area contributed by atoms with Crippen molar-refractivity contribution in [2.45, 2.75) is 38.1 Å². The highest BCUT2D eigenvalue weighted by Gasteiger charge is 2.48. The predicted molar refractivity (Wildman–Crippen MR) is 119 cm³/mol. The average Bonchev–Trinajstić information content (AvgIpc) is 3.32. The number of hydrogen-bond acceptors (Lipinski definition) is 8. The largest absolute Gasteiger partial charge is 0.480 e. The molecular weight excluding hydrogens is 422 g/mol. The Morgan fingerprint density at radius 1 is 1.21 bits per heavy atom. The van der Waals surface area contributed by atoms with Crippen LogP contribution in [0.1, 0.15) is 30.4 Å². The number of allylic oxidation sites excluding steroid dienone is 2. The SMILES string of the molecule is CCn1nccc1COC1(c2ccncn2)C(c2ccncn2)=CC=CC1CC(N)C(=O)O. The number of aliphatic carboxylic acids is 1. The molecule has 3 heterocycles. The molecule has 0 bridgehead atoms. The first-order valence-corrected chi connectivity index (χ1v) is 10.6. The van der Waals surface area contributed by atoms with Crippen molar-refractivity contribution in [1.29, 1.82) is 0 Å². The second-order valence-corrected chi connectivity index (χ2v) is 7.60. The van der Waals surface area contributed by atoms with Crippen molar-refractivity contribution < 1.29 is 14.6 Å². The number of nitrogens with zero attached hydrogens (tertiary/aromatic N) is 6. The van der Waals surface area contributed by atoms with Crippen molar-refractivity contribution in [2.24, 2.45) is 11.7 Å². The molecule has 1 aliphatic carbocycles. The molecule has 3 atom stereocenters. The van der Waals surface area contributed by atoms with Crippen LogP contribution in [0.4, 0.5) is 0 Å². The van der Waals surface area contributed by atoms with Crippen LogP contribution >= 0.6 is 0 Å². The molecule has 3 N–H and O–H groups in total. The van der Waals surface area contributed by atoms with Crippen molar-refractivity contribution >= 4 is 11.5 Å². The third kappa shape index (κ3) is 4.43. The summed E-state index contributed by atoms with van der Waals surface area (Å²) >= 11 is 0. The molecule has 10 heteroatoms. The van der Waals surface area contributed by atoms with E-state index in [2.05, 4.69) is 25.0 Å². The van der Waals surface area contributed by atoms with Gasteiger partial charge in [0.25, 0.3) is 0 Å². The number of aryl methyl sites for hydroxylation is 1.